The standard InChI is InChI=1S/C11H14BrN3O4/c1-11(2,3)19-9(16)6-14-10-8(15(17)18)4-7(12)5-13-10/h4-5H,6H2,1-3H3,(H,13,14). The summed E-state index contributed by atoms with van der Waals surface area (Å²) in [7, 11) is 0. The Morgan fingerprint density at radius 3 is 2.74 bits per heavy atom. The fraction of sp³-hybridized carbons (Fsp3) is 0.455. The molecule has 7 nitrogen and oxygen atoms in total. The van der Waals surface area contributed by atoms with Crippen LogP contribution in [-0.2, 0) is 9.53 Å². The first-order valence-corrected chi connectivity index (χ1v) is 6.24. The van der Waals surface area contributed by atoms with Gasteiger partial charge in [-0.1, -0.05) is 0 Å². The van der Waals surface area contributed by atoms with Gasteiger partial charge < -0.3 is 10.1 Å². The maximum atomic E-state index is 11.5. The number of carbonyl (C=O) groups excluding carboxylic acids is 1. The number of rotatable bonds is 4. The first kappa shape index (κ1) is 15.4. The van der Waals surface area contributed by atoms with E-state index in [0.29, 0.717) is 4.47 Å². The second-order valence-corrected chi connectivity index (χ2v) is 5.63. The van der Waals surface area contributed by atoms with Crippen LogP contribution in [0.4, 0.5) is 11.5 Å². The quantitative estimate of drug-likeness (QED) is 0.517. The van der Waals surface area contributed by atoms with Gasteiger partial charge >= 0.3 is 11.7 Å². The van der Waals surface area contributed by atoms with E-state index in [4.69, 9.17) is 4.74 Å². The molecule has 1 aromatic rings. The van der Waals surface area contributed by atoms with Gasteiger partial charge in [0, 0.05) is 16.7 Å². The molecule has 0 aliphatic rings. The van der Waals surface area contributed by atoms with Crippen LogP contribution in [0.25, 0.3) is 0 Å². The number of pyridine rings is 1. The molecule has 0 fully saturated rings. The Morgan fingerprint density at radius 2 is 2.21 bits per heavy atom. The number of anilines is 1. The molecule has 0 spiro atoms. The molecule has 0 aliphatic heterocycles. The molecule has 0 aromatic carbocycles. The number of aromatic nitrogens is 1. The minimum atomic E-state index is -0.599. The molecular formula is C11H14BrN3O4. The lowest BCUT2D eigenvalue weighted by Crippen LogP contribution is -2.28. The molecular weight excluding hydrogens is 318 g/mol. The molecule has 0 amide bonds. The molecule has 104 valence electrons. The molecule has 0 saturated carbocycles. The van der Waals surface area contributed by atoms with Crippen molar-refractivity contribution in [3.63, 3.8) is 0 Å². The van der Waals surface area contributed by atoms with E-state index < -0.39 is 16.5 Å². The molecule has 1 aromatic heterocycles. The van der Waals surface area contributed by atoms with Crippen LogP contribution < -0.4 is 5.32 Å². The zero-order valence-corrected chi connectivity index (χ0v) is 12.4. The lowest BCUT2D eigenvalue weighted by molar-refractivity contribution is -0.384. The average molecular weight is 332 g/mol. The number of esters is 1. The number of nitrogens with one attached hydrogen (secondary N) is 1. The number of nitro groups is 1. The zero-order chi connectivity index (χ0) is 14.6. The summed E-state index contributed by atoms with van der Waals surface area (Å²) in [5, 5.41) is 13.4. The van der Waals surface area contributed by atoms with Gasteiger partial charge in [-0.05, 0) is 36.7 Å². The third-order valence-corrected chi connectivity index (χ3v) is 2.28. The van der Waals surface area contributed by atoms with Gasteiger partial charge in [-0.15, -0.1) is 0 Å². The Morgan fingerprint density at radius 1 is 1.58 bits per heavy atom. The minimum absolute atomic E-state index is 0.0269. The third-order valence-electron chi connectivity index (χ3n) is 1.85. The van der Waals surface area contributed by atoms with E-state index in [-0.39, 0.29) is 18.1 Å². The van der Waals surface area contributed by atoms with Crippen molar-refractivity contribution in [3.05, 3.63) is 26.9 Å². The lowest BCUT2D eigenvalue weighted by atomic mass is 10.2. The van der Waals surface area contributed by atoms with Crippen LogP contribution in [0.5, 0.6) is 0 Å². The molecule has 19 heavy (non-hydrogen) atoms. The Kier molecular flexibility index (Phi) is 4.82. The van der Waals surface area contributed by atoms with Gasteiger partial charge in [-0.25, -0.2) is 4.98 Å². The number of nitrogens with zero attached hydrogens (tertiary/aromatic N) is 2. The number of carbonyl (C=O) groups is 1. The molecule has 0 saturated heterocycles. The van der Waals surface area contributed by atoms with Crippen molar-refractivity contribution in [2.45, 2.75) is 26.4 Å². The Hall–Kier alpha value is -1.70. The van der Waals surface area contributed by atoms with Crippen molar-refractivity contribution in [1.29, 1.82) is 0 Å². The van der Waals surface area contributed by atoms with Crippen LogP contribution in [0.2, 0.25) is 0 Å². The number of halogens is 1. The normalized spacial score (nSPS) is 10.9. The van der Waals surface area contributed by atoms with E-state index in [1.165, 1.54) is 12.3 Å². The fourth-order valence-corrected chi connectivity index (χ4v) is 1.56. The van der Waals surface area contributed by atoms with E-state index in [1.807, 2.05) is 0 Å². The highest BCUT2D eigenvalue weighted by atomic mass is 79.9. The van der Waals surface area contributed by atoms with Gasteiger partial charge in [0.1, 0.15) is 12.1 Å². The average Bonchev–Trinajstić information content (AvgIpc) is 2.24. The van der Waals surface area contributed by atoms with Gasteiger partial charge in [0.15, 0.2) is 0 Å². The summed E-state index contributed by atoms with van der Waals surface area (Å²) in [6.07, 6.45) is 1.41. The predicted octanol–water partition coefficient (Wildman–Crippen LogP) is 2.51. The SMILES string of the molecule is CC(C)(C)OC(=O)CNc1ncc(Br)cc1[N+](=O)[O-]. The molecule has 0 bridgehead atoms. The van der Waals surface area contributed by atoms with Crippen molar-refractivity contribution in [2.75, 3.05) is 11.9 Å². The van der Waals surface area contributed by atoms with E-state index in [1.54, 1.807) is 20.8 Å². The molecule has 1 rings (SSSR count). The second-order valence-electron chi connectivity index (χ2n) is 4.72. The molecule has 0 unspecified atom stereocenters. The number of hydrogen-bond acceptors (Lipinski definition) is 6. The van der Waals surface area contributed by atoms with Crippen molar-refractivity contribution in [2.24, 2.45) is 0 Å². The topological polar surface area (TPSA) is 94.4 Å². The summed E-state index contributed by atoms with van der Waals surface area (Å²) in [5.74, 6) is -0.481. The van der Waals surface area contributed by atoms with E-state index in [9.17, 15) is 14.9 Å². The zero-order valence-electron chi connectivity index (χ0n) is 10.8. The van der Waals surface area contributed by atoms with Crippen LogP contribution in [0, 0.1) is 10.1 Å². The number of ether oxygens (including phenoxy) is 1. The summed E-state index contributed by atoms with van der Waals surface area (Å²) >= 11 is 3.10. The smallest absolute Gasteiger partial charge is 0.325 e. The maximum absolute atomic E-state index is 11.5. The van der Waals surface area contributed by atoms with Crippen LogP contribution in [0.1, 0.15) is 20.8 Å². The second kappa shape index (κ2) is 5.96. The maximum Gasteiger partial charge on any atom is 0.325 e. The highest BCUT2D eigenvalue weighted by Gasteiger charge is 2.19. The van der Waals surface area contributed by atoms with Gasteiger partial charge in [0.25, 0.3) is 0 Å². The third kappa shape index (κ3) is 5.21. The van der Waals surface area contributed by atoms with E-state index in [2.05, 4.69) is 26.2 Å². The highest BCUT2D eigenvalue weighted by Crippen LogP contribution is 2.25. The molecule has 1 N–H and O–H groups in total. The summed E-state index contributed by atoms with van der Waals surface area (Å²) in [6, 6.07) is 1.31. The van der Waals surface area contributed by atoms with Crippen LogP contribution in [0.3, 0.4) is 0 Å². The summed E-state index contributed by atoms with van der Waals surface area (Å²) in [4.78, 5) is 25.6. The molecule has 0 aliphatic carbocycles. The summed E-state index contributed by atoms with van der Waals surface area (Å²) < 4.78 is 5.56. The monoisotopic (exact) mass is 331 g/mol. The fourth-order valence-electron chi connectivity index (χ4n) is 1.24. The van der Waals surface area contributed by atoms with E-state index >= 15 is 0 Å². The minimum Gasteiger partial charge on any atom is -0.459 e. The summed E-state index contributed by atoms with van der Waals surface area (Å²) in [5.41, 5.74) is -0.810. The molecule has 8 heteroatoms. The van der Waals surface area contributed by atoms with Crippen LogP contribution in [0.15, 0.2) is 16.7 Å². The Balaban J connectivity index is 2.73. The first-order chi connectivity index (χ1) is 8.69. The van der Waals surface area contributed by atoms with Gasteiger partial charge in [0.05, 0.1) is 4.92 Å². The van der Waals surface area contributed by atoms with Gasteiger partial charge in [-0.3, -0.25) is 14.9 Å². The summed E-state index contributed by atoms with van der Waals surface area (Å²) in [6.45, 7) is 5.04. The predicted molar refractivity (Wildman–Crippen MR) is 72.9 cm³/mol. The van der Waals surface area contributed by atoms with E-state index in [0.717, 1.165) is 0 Å². The van der Waals surface area contributed by atoms with Crippen LogP contribution >= 0.6 is 15.9 Å². The number of hydrogen-bond donors (Lipinski definition) is 1. The molecule has 0 radical (unpaired) electrons. The first-order valence-electron chi connectivity index (χ1n) is 5.45. The van der Waals surface area contributed by atoms with Gasteiger partial charge in [-0.2, -0.15) is 0 Å². The van der Waals surface area contributed by atoms with Crippen molar-refractivity contribution in [1.82, 2.24) is 4.98 Å². The van der Waals surface area contributed by atoms with Crippen molar-refractivity contribution >= 4 is 33.4 Å². The van der Waals surface area contributed by atoms with Gasteiger partial charge in [0.2, 0.25) is 5.82 Å². The molecule has 1 heterocycles. The van der Waals surface area contributed by atoms with Crippen molar-refractivity contribution in [3.8, 4) is 0 Å². The molecule has 0 atom stereocenters. The Bertz CT molecular complexity index is 499. The lowest BCUT2D eigenvalue weighted by Gasteiger charge is -2.19. The van der Waals surface area contributed by atoms with Crippen molar-refractivity contribution < 1.29 is 14.5 Å². The van der Waals surface area contributed by atoms with Crippen LogP contribution in [-0.4, -0.2) is 28.0 Å². The largest absolute Gasteiger partial charge is 0.459 e. The highest BCUT2D eigenvalue weighted by molar-refractivity contribution is 9.10. The Labute approximate surface area is 118 Å².